The van der Waals surface area contributed by atoms with Gasteiger partial charge >= 0.3 is 0 Å². The third-order valence-electron chi connectivity index (χ3n) is 4.94. The predicted molar refractivity (Wildman–Crippen MR) is 121 cm³/mol. The Balaban J connectivity index is 1.98. The lowest BCUT2D eigenvalue weighted by Crippen LogP contribution is -2.47. The van der Waals surface area contributed by atoms with E-state index in [9.17, 15) is 9.59 Å². The van der Waals surface area contributed by atoms with Crippen LogP contribution in [0.2, 0.25) is 5.02 Å². The molecule has 0 saturated carbocycles. The van der Waals surface area contributed by atoms with Gasteiger partial charge in [0.2, 0.25) is 11.8 Å². The smallest absolute Gasteiger partial charge is 0.242 e. The number of carbonyl (C=O) groups excluding carboxylic acids is 2. The lowest BCUT2D eigenvalue weighted by molar-refractivity contribution is -0.140. The Hall–Kier alpha value is -2.53. The summed E-state index contributed by atoms with van der Waals surface area (Å²) in [6.45, 7) is 7.23. The van der Waals surface area contributed by atoms with Crippen LogP contribution in [-0.2, 0) is 16.1 Å². The number of benzene rings is 2. The number of hydrogen-bond donors (Lipinski definition) is 1. The third-order valence-corrected chi connectivity index (χ3v) is 5.19. The van der Waals surface area contributed by atoms with Crippen molar-refractivity contribution in [2.75, 3.05) is 13.2 Å². The quantitative estimate of drug-likeness (QED) is 0.523. The number of hydrogen-bond acceptors (Lipinski definition) is 3. The van der Waals surface area contributed by atoms with E-state index in [1.54, 1.807) is 36.1 Å². The highest BCUT2D eigenvalue weighted by Crippen LogP contribution is 2.17. The van der Waals surface area contributed by atoms with Crippen LogP contribution in [0.15, 0.2) is 48.5 Å². The third kappa shape index (κ3) is 7.38. The molecule has 0 aliphatic rings. The lowest BCUT2D eigenvalue weighted by Gasteiger charge is -2.29. The number of ether oxygens (including phenoxy) is 1. The summed E-state index contributed by atoms with van der Waals surface area (Å²) in [5, 5.41) is 3.55. The number of rotatable bonds is 11. The fraction of sp³-hybridized carbons (Fsp3) is 0.417. The fourth-order valence-electron chi connectivity index (χ4n) is 3.04. The van der Waals surface area contributed by atoms with Gasteiger partial charge in [0, 0.05) is 24.5 Å². The van der Waals surface area contributed by atoms with Crippen LogP contribution in [0.3, 0.4) is 0 Å². The molecule has 1 atom stereocenters. The van der Waals surface area contributed by atoms with Crippen LogP contribution in [0.5, 0.6) is 5.75 Å². The van der Waals surface area contributed by atoms with Crippen LogP contribution in [0.25, 0.3) is 0 Å². The van der Waals surface area contributed by atoms with Gasteiger partial charge in [-0.15, -0.1) is 0 Å². The largest absolute Gasteiger partial charge is 0.494 e. The summed E-state index contributed by atoms with van der Waals surface area (Å²) in [4.78, 5) is 27.2. The number of halogens is 1. The summed E-state index contributed by atoms with van der Waals surface area (Å²) in [5.41, 5.74) is 2.14. The number of carbonyl (C=O) groups is 2. The van der Waals surface area contributed by atoms with Crippen LogP contribution in [0, 0.1) is 6.92 Å². The Labute approximate surface area is 184 Å². The van der Waals surface area contributed by atoms with E-state index in [0.717, 1.165) is 23.3 Å². The molecule has 0 saturated heterocycles. The molecule has 0 aliphatic heterocycles. The molecular formula is C24H31ClN2O3. The minimum Gasteiger partial charge on any atom is -0.494 e. The molecule has 30 heavy (non-hydrogen) atoms. The van der Waals surface area contributed by atoms with Gasteiger partial charge in [0.25, 0.3) is 0 Å². The minimum atomic E-state index is -0.541. The first kappa shape index (κ1) is 23.7. The van der Waals surface area contributed by atoms with Crippen molar-refractivity contribution >= 4 is 23.4 Å². The number of nitrogens with zero attached hydrogens (tertiary/aromatic N) is 1. The molecule has 0 bridgehead atoms. The van der Waals surface area contributed by atoms with E-state index in [1.807, 2.05) is 38.1 Å². The van der Waals surface area contributed by atoms with Crippen molar-refractivity contribution < 1.29 is 14.3 Å². The SMILES string of the molecule is CCCNC(=O)[C@@H](C)N(Cc1ccccc1C)C(=O)CCCOc1ccc(Cl)cc1. The van der Waals surface area contributed by atoms with E-state index >= 15 is 0 Å². The zero-order valence-corrected chi connectivity index (χ0v) is 18.7. The summed E-state index contributed by atoms with van der Waals surface area (Å²) in [6.07, 6.45) is 1.73. The van der Waals surface area contributed by atoms with Crippen LogP contribution in [-0.4, -0.2) is 35.9 Å². The van der Waals surface area contributed by atoms with Crippen molar-refractivity contribution in [3.63, 3.8) is 0 Å². The van der Waals surface area contributed by atoms with E-state index in [0.29, 0.717) is 37.6 Å². The molecule has 1 N–H and O–H groups in total. The Bertz CT molecular complexity index is 823. The second-order valence-corrected chi connectivity index (χ2v) is 7.76. The molecule has 0 unspecified atom stereocenters. The Kier molecular flexibility index (Phi) is 9.68. The maximum atomic E-state index is 13.0. The second kappa shape index (κ2) is 12.2. The molecule has 2 aromatic rings. The van der Waals surface area contributed by atoms with Gasteiger partial charge in [0.05, 0.1) is 6.61 Å². The van der Waals surface area contributed by atoms with Crippen molar-refractivity contribution in [1.82, 2.24) is 10.2 Å². The molecule has 0 spiro atoms. The first-order chi connectivity index (χ1) is 14.4. The average Bonchev–Trinajstić information content (AvgIpc) is 2.75. The van der Waals surface area contributed by atoms with E-state index < -0.39 is 6.04 Å². The molecule has 0 aromatic heterocycles. The average molecular weight is 431 g/mol. The second-order valence-electron chi connectivity index (χ2n) is 7.32. The molecular weight excluding hydrogens is 400 g/mol. The van der Waals surface area contributed by atoms with Crippen LogP contribution in [0.4, 0.5) is 0 Å². The van der Waals surface area contributed by atoms with Gasteiger partial charge in [0.1, 0.15) is 11.8 Å². The standard InChI is InChI=1S/C24H31ClN2O3/c1-4-15-26-24(29)19(3)27(17-20-9-6-5-8-18(20)2)23(28)10-7-16-30-22-13-11-21(25)12-14-22/h5-6,8-9,11-14,19H,4,7,10,15-17H2,1-3H3,(H,26,29)/t19-/m1/s1. The number of aryl methyl sites for hydroxylation is 1. The first-order valence-electron chi connectivity index (χ1n) is 10.4. The van der Waals surface area contributed by atoms with Crippen molar-refractivity contribution in [2.45, 2.75) is 52.6 Å². The minimum absolute atomic E-state index is 0.0582. The van der Waals surface area contributed by atoms with Crippen LogP contribution in [0.1, 0.15) is 44.2 Å². The molecule has 0 fully saturated rings. The topological polar surface area (TPSA) is 58.6 Å². The predicted octanol–water partition coefficient (Wildman–Crippen LogP) is 4.75. The van der Waals surface area contributed by atoms with E-state index in [-0.39, 0.29) is 11.8 Å². The molecule has 2 aromatic carbocycles. The van der Waals surface area contributed by atoms with Crippen molar-refractivity contribution in [1.29, 1.82) is 0 Å². The van der Waals surface area contributed by atoms with Crippen molar-refractivity contribution in [2.24, 2.45) is 0 Å². The normalized spacial score (nSPS) is 11.6. The van der Waals surface area contributed by atoms with Gasteiger partial charge in [-0.1, -0.05) is 42.8 Å². The van der Waals surface area contributed by atoms with Crippen molar-refractivity contribution in [3.05, 3.63) is 64.7 Å². The Morgan fingerprint density at radius 3 is 2.50 bits per heavy atom. The monoisotopic (exact) mass is 430 g/mol. The molecule has 0 radical (unpaired) electrons. The Morgan fingerprint density at radius 2 is 1.83 bits per heavy atom. The van der Waals surface area contributed by atoms with Gasteiger partial charge < -0.3 is 15.0 Å². The maximum absolute atomic E-state index is 13.0. The molecule has 5 nitrogen and oxygen atoms in total. The highest BCUT2D eigenvalue weighted by atomic mass is 35.5. The van der Waals surface area contributed by atoms with Gasteiger partial charge in [-0.25, -0.2) is 0 Å². The first-order valence-corrected chi connectivity index (χ1v) is 10.8. The molecule has 2 rings (SSSR count). The fourth-order valence-corrected chi connectivity index (χ4v) is 3.16. The van der Waals surface area contributed by atoms with Gasteiger partial charge in [0.15, 0.2) is 0 Å². The highest BCUT2D eigenvalue weighted by molar-refractivity contribution is 6.30. The maximum Gasteiger partial charge on any atom is 0.242 e. The van der Waals surface area contributed by atoms with E-state index in [1.165, 1.54) is 0 Å². The van der Waals surface area contributed by atoms with Crippen LogP contribution < -0.4 is 10.1 Å². The summed E-state index contributed by atoms with van der Waals surface area (Å²) >= 11 is 5.88. The summed E-state index contributed by atoms with van der Waals surface area (Å²) < 4.78 is 5.68. The molecule has 0 aliphatic carbocycles. The summed E-state index contributed by atoms with van der Waals surface area (Å²) in [7, 11) is 0. The number of amides is 2. The molecule has 0 heterocycles. The summed E-state index contributed by atoms with van der Waals surface area (Å²) in [6, 6.07) is 14.5. The van der Waals surface area contributed by atoms with Gasteiger partial charge in [-0.3, -0.25) is 9.59 Å². The molecule has 162 valence electrons. The van der Waals surface area contributed by atoms with E-state index in [4.69, 9.17) is 16.3 Å². The molecule has 6 heteroatoms. The summed E-state index contributed by atoms with van der Waals surface area (Å²) in [5.74, 6) is 0.532. The zero-order chi connectivity index (χ0) is 21.9. The molecule has 2 amide bonds. The lowest BCUT2D eigenvalue weighted by atomic mass is 10.1. The van der Waals surface area contributed by atoms with E-state index in [2.05, 4.69) is 5.32 Å². The number of nitrogens with one attached hydrogen (secondary N) is 1. The zero-order valence-electron chi connectivity index (χ0n) is 18.0. The van der Waals surface area contributed by atoms with Crippen molar-refractivity contribution in [3.8, 4) is 5.75 Å². The van der Waals surface area contributed by atoms with Crippen LogP contribution >= 0.6 is 11.6 Å². The Morgan fingerprint density at radius 1 is 1.13 bits per heavy atom. The van der Waals surface area contributed by atoms with Gasteiger partial charge in [-0.05, 0) is 62.1 Å². The van der Waals surface area contributed by atoms with Gasteiger partial charge in [-0.2, -0.15) is 0 Å². The highest BCUT2D eigenvalue weighted by Gasteiger charge is 2.25.